The molecule has 0 atom stereocenters. The smallest absolute Gasteiger partial charge is 0.310 e. The van der Waals surface area contributed by atoms with Crippen LogP contribution in [0.25, 0.3) is 10.8 Å². The molecule has 3 rings (SSSR count). The Morgan fingerprint density at radius 3 is 2.72 bits per heavy atom. The number of phenolic OH excluding ortho intramolecular Hbond substituents is 1. The summed E-state index contributed by atoms with van der Waals surface area (Å²) in [6.07, 6.45) is 4.00. The van der Waals surface area contributed by atoms with Crippen molar-refractivity contribution in [2.24, 2.45) is 0 Å². The van der Waals surface area contributed by atoms with E-state index in [0.717, 1.165) is 27.6 Å². The van der Waals surface area contributed by atoms with Gasteiger partial charge in [-0.2, -0.15) is 0 Å². The van der Waals surface area contributed by atoms with Gasteiger partial charge in [0.15, 0.2) is 5.75 Å². The van der Waals surface area contributed by atoms with Crippen molar-refractivity contribution in [2.45, 2.75) is 6.42 Å². The Morgan fingerprint density at radius 2 is 2.08 bits per heavy atom. The number of aromatic hydroxyl groups is 1. The van der Waals surface area contributed by atoms with Crippen LogP contribution in [0, 0.1) is 10.1 Å². The lowest BCUT2D eigenvalue weighted by Gasteiger charge is -2.12. The molecule has 2 aromatic carbocycles. The van der Waals surface area contributed by atoms with Crippen LogP contribution in [0.1, 0.15) is 11.1 Å². The Kier molecular flexibility index (Phi) is 4.38. The summed E-state index contributed by atoms with van der Waals surface area (Å²) in [4.78, 5) is 14.5. The largest absolute Gasteiger partial charge is 0.502 e. The molecule has 0 aliphatic carbocycles. The maximum absolute atomic E-state index is 10.8. The highest BCUT2D eigenvalue weighted by molar-refractivity contribution is 5.90. The van der Waals surface area contributed by atoms with Crippen molar-refractivity contribution < 1.29 is 14.8 Å². The van der Waals surface area contributed by atoms with E-state index in [1.165, 1.54) is 12.1 Å². The van der Waals surface area contributed by atoms with Crippen LogP contribution >= 0.6 is 0 Å². The number of nitro groups is 1. The van der Waals surface area contributed by atoms with E-state index >= 15 is 0 Å². The molecule has 0 bridgehead atoms. The first-order valence-electron chi connectivity index (χ1n) is 7.62. The van der Waals surface area contributed by atoms with Crippen LogP contribution in [0.4, 0.5) is 11.4 Å². The number of fused-ring (bicyclic) bond motifs is 1. The second kappa shape index (κ2) is 6.64. The molecule has 0 spiro atoms. The summed E-state index contributed by atoms with van der Waals surface area (Å²) in [5, 5.41) is 25.6. The van der Waals surface area contributed by atoms with Gasteiger partial charge in [-0.1, -0.05) is 6.07 Å². The number of hydrogen-bond acceptors (Lipinski definition) is 6. The van der Waals surface area contributed by atoms with Gasteiger partial charge in [0, 0.05) is 30.9 Å². The average molecular weight is 339 g/mol. The molecule has 1 heterocycles. The van der Waals surface area contributed by atoms with Crippen molar-refractivity contribution in [1.82, 2.24) is 4.98 Å². The molecule has 7 heteroatoms. The van der Waals surface area contributed by atoms with Gasteiger partial charge in [0.05, 0.1) is 17.7 Å². The van der Waals surface area contributed by atoms with Crippen LogP contribution in [0.2, 0.25) is 0 Å². The predicted octanol–water partition coefficient (Wildman–Crippen LogP) is 3.49. The van der Waals surface area contributed by atoms with Crippen LogP contribution in [-0.2, 0) is 6.42 Å². The summed E-state index contributed by atoms with van der Waals surface area (Å²) < 4.78 is 5.41. The lowest BCUT2D eigenvalue weighted by atomic mass is 10.00. The minimum Gasteiger partial charge on any atom is -0.502 e. The molecule has 0 radical (unpaired) electrons. The van der Waals surface area contributed by atoms with Crippen LogP contribution in [0.5, 0.6) is 11.5 Å². The number of hydrogen-bond donors (Lipinski definition) is 2. The van der Waals surface area contributed by atoms with Crippen molar-refractivity contribution in [3.8, 4) is 11.5 Å². The number of methoxy groups -OCH3 is 1. The molecule has 0 fully saturated rings. The zero-order valence-electron chi connectivity index (χ0n) is 13.8. The second-order valence-corrected chi connectivity index (χ2v) is 5.58. The first-order valence-corrected chi connectivity index (χ1v) is 7.62. The number of phenols is 1. The lowest BCUT2D eigenvalue weighted by molar-refractivity contribution is -0.385. The number of ether oxygens (including phenoxy) is 1. The van der Waals surface area contributed by atoms with E-state index in [9.17, 15) is 15.2 Å². The quantitative estimate of drug-likeness (QED) is 0.545. The number of rotatable bonds is 5. The molecular formula is C18H17N3O4. The van der Waals surface area contributed by atoms with Gasteiger partial charge in [0.2, 0.25) is 0 Å². The van der Waals surface area contributed by atoms with E-state index in [1.54, 1.807) is 25.6 Å². The Morgan fingerprint density at radius 1 is 1.28 bits per heavy atom. The van der Waals surface area contributed by atoms with Gasteiger partial charge in [-0.25, -0.2) is 0 Å². The highest BCUT2D eigenvalue weighted by Gasteiger charge is 2.14. The van der Waals surface area contributed by atoms with Gasteiger partial charge < -0.3 is 15.2 Å². The van der Waals surface area contributed by atoms with E-state index in [1.807, 2.05) is 19.2 Å². The third kappa shape index (κ3) is 3.16. The fourth-order valence-electron chi connectivity index (χ4n) is 2.82. The molecule has 25 heavy (non-hydrogen) atoms. The predicted molar refractivity (Wildman–Crippen MR) is 95.4 cm³/mol. The number of pyridine rings is 1. The zero-order chi connectivity index (χ0) is 18.0. The van der Waals surface area contributed by atoms with Crippen molar-refractivity contribution in [3.63, 3.8) is 0 Å². The third-order valence-corrected chi connectivity index (χ3v) is 4.06. The van der Waals surface area contributed by atoms with E-state index in [0.29, 0.717) is 12.2 Å². The molecule has 0 saturated carbocycles. The summed E-state index contributed by atoms with van der Waals surface area (Å²) in [5.41, 5.74) is 2.25. The van der Waals surface area contributed by atoms with Crippen molar-refractivity contribution in [2.75, 3.05) is 19.5 Å². The third-order valence-electron chi connectivity index (χ3n) is 4.06. The Bertz CT molecular complexity index is 956. The van der Waals surface area contributed by atoms with Gasteiger partial charge in [-0.3, -0.25) is 15.1 Å². The number of nitrogens with zero attached hydrogens (tertiary/aromatic N) is 2. The molecule has 2 N–H and O–H groups in total. The molecule has 0 aliphatic heterocycles. The number of anilines is 1. The molecule has 0 saturated heterocycles. The van der Waals surface area contributed by atoms with E-state index in [2.05, 4.69) is 10.3 Å². The minimum absolute atomic E-state index is 0.305. The average Bonchev–Trinajstić information content (AvgIpc) is 2.60. The number of aromatic nitrogens is 1. The van der Waals surface area contributed by atoms with Crippen LogP contribution in [0.15, 0.2) is 42.7 Å². The standard InChI is InChI=1S/C18H17N3O4/c1-19-15-7-13-10-20-9-12(14(13)8-18(15)25-2)5-11-3-4-16(21(23)24)17(22)6-11/h3-4,6-10,19,22H,5H2,1-2H3. The summed E-state index contributed by atoms with van der Waals surface area (Å²) in [7, 11) is 3.43. The van der Waals surface area contributed by atoms with Crippen molar-refractivity contribution in [1.29, 1.82) is 0 Å². The van der Waals surface area contributed by atoms with E-state index in [4.69, 9.17) is 4.74 Å². The maximum atomic E-state index is 10.8. The summed E-state index contributed by atoms with van der Waals surface area (Å²) in [6.45, 7) is 0. The summed E-state index contributed by atoms with van der Waals surface area (Å²) in [6, 6.07) is 8.25. The zero-order valence-corrected chi connectivity index (χ0v) is 13.8. The normalized spacial score (nSPS) is 10.6. The summed E-state index contributed by atoms with van der Waals surface area (Å²) in [5.74, 6) is 0.375. The molecule has 0 amide bonds. The highest BCUT2D eigenvalue weighted by atomic mass is 16.6. The maximum Gasteiger partial charge on any atom is 0.310 e. The molecule has 1 aromatic heterocycles. The van der Waals surface area contributed by atoms with Gasteiger partial charge in [-0.05, 0) is 41.1 Å². The fraction of sp³-hybridized carbons (Fsp3) is 0.167. The van der Waals surface area contributed by atoms with Crippen molar-refractivity contribution in [3.05, 3.63) is 64.0 Å². The van der Waals surface area contributed by atoms with Crippen LogP contribution in [0.3, 0.4) is 0 Å². The van der Waals surface area contributed by atoms with Crippen molar-refractivity contribution >= 4 is 22.1 Å². The molecule has 0 aliphatic rings. The van der Waals surface area contributed by atoms with E-state index < -0.39 is 4.92 Å². The molecule has 7 nitrogen and oxygen atoms in total. The second-order valence-electron chi connectivity index (χ2n) is 5.58. The molecule has 3 aromatic rings. The Hall–Kier alpha value is -3.35. The van der Waals surface area contributed by atoms with Crippen LogP contribution < -0.4 is 10.1 Å². The fourth-order valence-corrected chi connectivity index (χ4v) is 2.82. The van der Waals surface area contributed by atoms with Gasteiger partial charge in [-0.15, -0.1) is 0 Å². The summed E-state index contributed by atoms with van der Waals surface area (Å²) >= 11 is 0. The monoisotopic (exact) mass is 339 g/mol. The first-order chi connectivity index (χ1) is 12.0. The molecule has 0 unspecified atom stereocenters. The van der Waals surface area contributed by atoms with Gasteiger partial charge in [0.25, 0.3) is 0 Å². The Balaban J connectivity index is 2.04. The van der Waals surface area contributed by atoms with Gasteiger partial charge >= 0.3 is 5.69 Å². The first kappa shape index (κ1) is 16.5. The van der Waals surface area contributed by atoms with Crippen LogP contribution in [-0.4, -0.2) is 29.2 Å². The highest BCUT2D eigenvalue weighted by Crippen LogP contribution is 2.33. The SMILES string of the molecule is CNc1cc2cncc(Cc3ccc([N+](=O)[O-])c(O)c3)c2cc1OC. The number of nitro benzene ring substituents is 1. The minimum atomic E-state index is -0.608. The molecule has 128 valence electrons. The number of benzene rings is 2. The Labute approximate surface area is 144 Å². The molecular weight excluding hydrogens is 322 g/mol. The topological polar surface area (TPSA) is 97.5 Å². The number of nitrogens with one attached hydrogen (secondary N) is 1. The van der Waals surface area contributed by atoms with E-state index in [-0.39, 0.29) is 11.4 Å². The van der Waals surface area contributed by atoms with Gasteiger partial charge in [0.1, 0.15) is 5.75 Å². The lowest BCUT2D eigenvalue weighted by Crippen LogP contribution is -1.97.